The molecule has 0 saturated heterocycles. The minimum atomic E-state index is -0.284. The number of anilines is 2. The minimum absolute atomic E-state index is 0.284. The largest absolute Gasteiger partial charge is 0.323 e. The Morgan fingerprint density at radius 3 is 2.55 bits per heavy atom. The fraction of sp³-hybridized carbons (Fsp3) is 0. The molecule has 2 amide bonds. The first-order valence-corrected chi connectivity index (χ1v) is 7.71. The van der Waals surface area contributed by atoms with E-state index < -0.39 is 0 Å². The number of imidazole rings is 1. The van der Waals surface area contributed by atoms with Crippen LogP contribution in [0.1, 0.15) is 0 Å². The van der Waals surface area contributed by atoms with Crippen molar-refractivity contribution in [1.29, 1.82) is 0 Å². The van der Waals surface area contributed by atoms with Crippen LogP contribution in [0.2, 0.25) is 0 Å². The van der Waals surface area contributed by atoms with Gasteiger partial charge < -0.3 is 15.2 Å². The van der Waals surface area contributed by atoms with E-state index in [1.807, 2.05) is 59.3 Å². The van der Waals surface area contributed by atoms with E-state index in [0.29, 0.717) is 5.69 Å². The fourth-order valence-electron chi connectivity index (χ4n) is 2.02. The van der Waals surface area contributed by atoms with Crippen LogP contribution in [0.25, 0.3) is 5.69 Å². The summed E-state index contributed by atoms with van der Waals surface area (Å²) in [7, 11) is 0. The molecular formula is C16H13IN4O. The summed E-state index contributed by atoms with van der Waals surface area (Å²) in [5.41, 5.74) is 2.32. The summed E-state index contributed by atoms with van der Waals surface area (Å²) < 4.78 is 2.97. The number of halogens is 1. The van der Waals surface area contributed by atoms with Crippen molar-refractivity contribution in [3.05, 3.63) is 70.8 Å². The number of nitrogens with zero attached hydrogens (tertiary/aromatic N) is 2. The summed E-state index contributed by atoms with van der Waals surface area (Å²) in [4.78, 5) is 16.2. The predicted molar refractivity (Wildman–Crippen MR) is 95.4 cm³/mol. The summed E-state index contributed by atoms with van der Waals surface area (Å²) in [5.74, 6) is 0. The Hall–Kier alpha value is -2.35. The van der Waals surface area contributed by atoms with Gasteiger partial charge in [-0.2, -0.15) is 0 Å². The Balaban J connectivity index is 1.76. The monoisotopic (exact) mass is 404 g/mol. The van der Waals surface area contributed by atoms with Crippen molar-refractivity contribution in [2.24, 2.45) is 0 Å². The van der Waals surface area contributed by atoms with Crippen molar-refractivity contribution >= 4 is 40.0 Å². The smallest absolute Gasteiger partial charge is 0.308 e. The van der Waals surface area contributed by atoms with E-state index in [0.717, 1.165) is 14.9 Å². The molecule has 3 aromatic rings. The van der Waals surface area contributed by atoms with E-state index >= 15 is 0 Å². The number of benzene rings is 2. The molecule has 0 atom stereocenters. The van der Waals surface area contributed by atoms with Crippen molar-refractivity contribution in [1.82, 2.24) is 9.55 Å². The third kappa shape index (κ3) is 3.45. The van der Waals surface area contributed by atoms with E-state index in [1.165, 1.54) is 0 Å². The molecule has 22 heavy (non-hydrogen) atoms. The minimum Gasteiger partial charge on any atom is -0.308 e. The molecule has 2 aromatic carbocycles. The first-order chi connectivity index (χ1) is 10.7. The zero-order valence-electron chi connectivity index (χ0n) is 11.5. The van der Waals surface area contributed by atoms with Crippen LogP contribution >= 0.6 is 22.6 Å². The SMILES string of the molecule is O=C(Nc1ccc(I)cc1)Nc1ccccc1-n1ccnc1. The van der Waals surface area contributed by atoms with Gasteiger partial charge in [0, 0.05) is 21.7 Å². The molecule has 0 saturated carbocycles. The van der Waals surface area contributed by atoms with Gasteiger partial charge in [0.05, 0.1) is 17.7 Å². The number of para-hydroxylation sites is 2. The first kappa shape index (κ1) is 14.6. The van der Waals surface area contributed by atoms with Crippen LogP contribution in [-0.2, 0) is 0 Å². The van der Waals surface area contributed by atoms with Crippen LogP contribution < -0.4 is 10.6 Å². The number of carbonyl (C=O) groups is 1. The number of hydrogen-bond donors (Lipinski definition) is 2. The number of urea groups is 1. The number of hydrogen-bond acceptors (Lipinski definition) is 2. The van der Waals surface area contributed by atoms with Gasteiger partial charge >= 0.3 is 6.03 Å². The maximum Gasteiger partial charge on any atom is 0.323 e. The highest BCUT2D eigenvalue weighted by atomic mass is 127. The number of nitrogens with one attached hydrogen (secondary N) is 2. The second-order valence-electron chi connectivity index (χ2n) is 4.57. The molecule has 0 spiro atoms. The highest BCUT2D eigenvalue weighted by Gasteiger charge is 2.07. The molecule has 0 radical (unpaired) electrons. The van der Waals surface area contributed by atoms with E-state index in [1.54, 1.807) is 12.5 Å². The molecule has 0 fully saturated rings. The van der Waals surface area contributed by atoms with E-state index in [9.17, 15) is 4.79 Å². The highest BCUT2D eigenvalue weighted by molar-refractivity contribution is 14.1. The highest BCUT2D eigenvalue weighted by Crippen LogP contribution is 2.20. The van der Waals surface area contributed by atoms with E-state index in [4.69, 9.17) is 0 Å². The van der Waals surface area contributed by atoms with Gasteiger partial charge in [0.15, 0.2) is 0 Å². The lowest BCUT2D eigenvalue weighted by atomic mass is 10.2. The Kier molecular flexibility index (Phi) is 4.38. The van der Waals surface area contributed by atoms with Gasteiger partial charge in [0.25, 0.3) is 0 Å². The molecule has 6 heteroatoms. The van der Waals surface area contributed by atoms with Crippen molar-refractivity contribution in [2.75, 3.05) is 10.6 Å². The zero-order chi connectivity index (χ0) is 15.4. The standard InChI is InChI=1S/C16H13IN4O/c17-12-5-7-13(8-6-12)19-16(22)20-14-3-1-2-4-15(14)21-10-9-18-11-21/h1-11H,(H2,19,20,22). The maximum atomic E-state index is 12.1. The zero-order valence-corrected chi connectivity index (χ0v) is 13.7. The molecular weight excluding hydrogens is 391 g/mol. The Morgan fingerprint density at radius 2 is 1.82 bits per heavy atom. The number of rotatable bonds is 3. The van der Waals surface area contributed by atoms with Gasteiger partial charge in [0.2, 0.25) is 0 Å². The van der Waals surface area contributed by atoms with Crippen LogP contribution in [0.3, 0.4) is 0 Å². The number of carbonyl (C=O) groups excluding carboxylic acids is 1. The number of aromatic nitrogens is 2. The predicted octanol–water partition coefficient (Wildman–Crippen LogP) is 4.12. The lowest BCUT2D eigenvalue weighted by molar-refractivity contribution is 0.262. The van der Waals surface area contributed by atoms with Crippen LogP contribution in [0.4, 0.5) is 16.2 Å². The van der Waals surface area contributed by atoms with Gasteiger partial charge in [0.1, 0.15) is 0 Å². The maximum absolute atomic E-state index is 12.1. The molecule has 0 unspecified atom stereocenters. The van der Waals surface area contributed by atoms with Gasteiger partial charge in [-0.05, 0) is 59.0 Å². The van der Waals surface area contributed by atoms with Crippen LogP contribution in [0.5, 0.6) is 0 Å². The van der Waals surface area contributed by atoms with Crippen LogP contribution in [-0.4, -0.2) is 15.6 Å². The second kappa shape index (κ2) is 6.61. The summed E-state index contributed by atoms with van der Waals surface area (Å²) in [5, 5.41) is 5.67. The van der Waals surface area contributed by atoms with E-state index in [2.05, 4.69) is 38.2 Å². The molecule has 110 valence electrons. The summed E-state index contributed by atoms with van der Waals surface area (Å²) in [6.07, 6.45) is 5.22. The average molecular weight is 404 g/mol. The second-order valence-corrected chi connectivity index (χ2v) is 5.82. The molecule has 0 bridgehead atoms. The molecule has 0 aliphatic rings. The number of amides is 2. The average Bonchev–Trinajstić information content (AvgIpc) is 3.04. The summed E-state index contributed by atoms with van der Waals surface area (Å²) in [6.45, 7) is 0. The molecule has 5 nitrogen and oxygen atoms in total. The first-order valence-electron chi connectivity index (χ1n) is 6.63. The topological polar surface area (TPSA) is 59.0 Å². The summed E-state index contributed by atoms with van der Waals surface area (Å²) >= 11 is 2.22. The molecule has 2 N–H and O–H groups in total. The molecule has 0 aliphatic carbocycles. The van der Waals surface area contributed by atoms with Crippen molar-refractivity contribution < 1.29 is 4.79 Å². The quantitative estimate of drug-likeness (QED) is 0.646. The normalized spacial score (nSPS) is 10.2. The van der Waals surface area contributed by atoms with Gasteiger partial charge in [-0.1, -0.05) is 12.1 Å². The Bertz CT molecular complexity index is 769. The van der Waals surface area contributed by atoms with Crippen LogP contribution in [0.15, 0.2) is 67.3 Å². The molecule has 3 rings (SSSR count). The fourth-order valence-corrected chi connectivity index (χ4v) is 2.38. The molecule has 1 heterocycles. The van der Waals surface area contributed by atoms with Crippen molar-refractivity contribution in [3.8, 4) is 5.69 Å². The van der Waals surface area contributed by atoms with Gasteiger partial charge in [-0.25, -0.2) is 9.78 Å². The van der Waals surface area contributed by atoms with E-state index in [-0.39, 0.29) is 6.03 Å². The van der Waals surface area contributed by atoms with Gasteiger partial charge in [-0.15, -0.1) is 0 Å². The molecule has 1 aromatic heterocycles. The Labute approximate surface area is 141 Å². The van der Waals surface area contributed by atoms with Crippen LogP contribution in [0, 0.1) is 3.57 Å². The Morgan fingerprint density at radius 1 is 1.05 bits per heavy atom. The van der Waals surface area contributed by atoms with Gasteiger partial charge in [-0.3, -0.25) is 0 Å². The molecule has 0 aliphatic heterocycles. The van der Waals surface area contributed by atoms with Crippen molar-refractivity contribution in [2.45, 2.75) is 0 Å². The lowest BCUT2D eigenvalue weighted by Crippen LogP contribution is -2.20. The third-order valence-corrected chi connectivity index (χ3v) is 3.76. The summed E-state index contributed by atoms with van der Waals surface area (Å²) in [6, 6.07) is 14.9. The third-order valence-electron chi connectivity index (χ3n) is 3.04. The van der Waals surface area contributed by atoms with Crippen molar-refractivity contribution in [3.63, 3.8) is 0 Å². The lowest BCUT2D eigenvalue weighted by Gasteiger charge is -2.12.